The van der Waals surface area contributed by atoms with Crippen LogP contribution in [0.25, 0.3) is 6.08 Å². The molecule has 1 amide bonds. The van der Waals surface area contributed by atoms with Gasteiger partial charge in [0.2, 0.25) is 15.9 Å². The largest absolute Gasteiger partial charge is 0.465 e. The van der Waals surface area contributed by atoms with Gasteiger partial charge in [0.05, 0.1) is 12.0 Å². The van der Waals surface area contributed by atoms with Crippen molar-refractivity contribution in [1.29, 1.82) is 0 Å². The third kappa shape index (κ3) is 5.67. The molecule has 1 N–H and O–H groups in total. The lowest BCUT2D eigenvalue weighted by atomic mass is 10.3. The minimum atomic E-state index is -3.33. The second kappa shape index (κ2) is 9.52. The van der Waals surface area contributed by atoms with Crippen molar-refractivity contribution in [2.45, 2.75) is 6.42 Å². The summed E-state index contributed by atoms with van der Waals surface area (Å²) in [6, 6.07) is 9.18. The Labute approximate surface area is 164 Å². The van der Waals surface area contributed by atoms with E-state index in [0.717, 1.165) is 5.82 Å². The highest BCUT2D eigenvalue weighted by molar-refractivity contribution is 7.89. The van der Waals surface area contributed by atoms with Crippen molar-refractivity contribution in [3.8, 4) is 0 Å². The second-order valence-corrected chi connectivity index (χ2v) is 8.47. The molecule has 0 unspecified atom stereocenters. The molecule has 1 fully saturated rings. The van der Waals surface area contributed by atoms with Gasteiger partial charge in [-0.1, -0.05) is 6.07 Å². The molecule has 0 spiro atoms. The molecule has 1 aliphatic rings. The predicted octanol–water partition coefficient (Wildman–Crippen LogP) is 1.35. The Kier molecular flexibility index (Phi) is 6.83. The third-order valence-electron chi connectivity index (χ3n) is 4.43. The molecule has 2 aromatic heterocycles. The number of nitrogens with one attached hydrogen (secondary N) is 1. The van der Waals surface area contributed by atoms with Crippen molar-refractivity contribution in [3.05, 3.63) is 54.6 Å². The fourth-order valence-corrected chi connectivity index (χ4v) is 4.42. The Balaban J connectivity index is 1.38. The summed E-state index contributed by atoms with van der Waals surface area (Å²) >= 11 is 0. The number of hydrogen-bond donors (Lipinski definition) is 1. The maximum Gasteiger partial charge on any atom is 0.244 e. The summed E-state index contributed by atoms with van der Waals surface area (Å²) in [5.74, 6) is 1.18. The maximum absolute atomic E-state index is 12.5. The third-order valence-corrected chi connectivity index (χ3v) is 6.38. The summed E-state index contributed by atoms with van der Waals surface area (Å²) in [7, 11) is -3.33. The summed E-state index contributed by atoms with van der Waals surface area (Å²) in [6.07, 6.45) is 6.55. The van der Waals surface area contributed by atoms with Crippen molar-refractivity contribution < 1.29 is 17.6 Å². The number of amides is 1. The van der Waals surface area contributed by atoms with Crippen molar-refractivity contribution >= 4 is 27.8 Å². The fourth-order valence-electron chi connectivity index (χ4n) is 2.93. The number of anilines is 1. The van der Waals surface area contributed by atoms with E-state index in [1.54, 1.807) is 24.4 Å². The normalized spacial score (nSPS) is 15.8. The molecule has 2 aromatic rings. The first kappa shape index (κ1) is 20.1. The highest BCUT2D eigenvalue weighted by Gasteiger charge is 2.26. The molecule has 8 nitrogen and oxygen atoms in total. The number of aromatic nitrogens is 1. The smallest absolute Gasteiger partial charge is 0.244 e. The summed E-state index contributed by atoms with van der Waals surface area (Å²) in [5, 5.41) is 2.68. The molecule has 0 aliphatic carbocycles. The van der Waals surface area contributed by atoms with Gasteiger partial charge < -0.3 is 14.6 Å². The first-order valence-electron chi connectivity index (χ1n) is 9.18. The molecule has 0 atom stereocenters. The highest BCUT2D eigenvalue weighted by atomic mass is 32.2. The van der Waals surface area contributed by atoms with Crippen LogP contribution < -0.4 is 10.2 Å². The van der Waals surface area contributed by atoms with Crippen LogP contribution in [0.5, 0.6) is 0 Å². The fraction of sp³-hybridized carbons (Fsp3) is 0.368. The van der Waals surface area contributed by atoms with Crippen LogP contribution in [0.3, 0.4) is 0 Å². The Morgan fingerprint density at radius 1 is 1.18 bits per heavy atom. The summed E-state index contributed by atoms with van der Waals surface area (Å²) < 4.78 is 31.6. The second-order valence-electron chi connectivity index (χ2n) is 6.38. The van der Waals surface area contributed by atoms with Gasteiger partial charge >= 0.3 is 0 Å². The van der Waals surface area contributed by atoms with Gasteiger partial charge in [-0.3, -0.25) is 4.79 Å². The van der Waals surface area contributed by atoms with E-state index in [2.05, 4.69) is 15.2 Å². The molecular formula is C19H24N4O4S. The van der Waals surface area contributed by atoms with E-state index in [-0.39, 0.29) is 11.7 Å². The van der Waals surface area contributed by atoms with Gasteiger partial charge in [-0.15, -0.1) is 0 Å². The molecule has 1 aliphatic heterocycles. The molecule has 1 saturated heterocycles. The number of piperazine rings is 1. The predicted molar refractivity (Wildman–Crippen MR) is 107 cm³/mol. The summed E-state index contributed by atoms with van der Waals surface area (Å²) in [6.45, 7) is 2.41. The van der Waals surface area contributed by atoms with Crippen LogP contribution in [-0.4, -0.2) is 62.1 Å². The minimum absolute atomic E-state index is 0.0127. The lowest BCUT2D eigenvalue weighted by Crippen LogP contribution is -2.49. The van der Waals surface area contributed by atoms with Crippen LogP contribution in [0.1, 0.15) is 12.2 Å². The van der Waals surface area contributed by atoms with Crippen LogP contribution in [0.15, 0.2) is 53.3 Å². The molecule has 0 bridgehead atoms. The number of carbonyl (C=O) groups excluding carboxylic acids is 1. The van der Waals surface area contributed by atoms with Crippen LogP contribution in [0.4, 0.5) is 5.82 Å². The topological polar surface area (TPSA) is 95.7 Å². The van der Waals surface area contributed by atoms with Crippen molar-refractivity contribution in [2.24, 2.45) is 0 Å². The molecular weight excluding hydrogens is 380 g/mol. The van der Waals surface area contributed by atoms with Gasteiger partial charge in [0, 0.05) is 45.0 Å². The number of pyridine rings is 1. The lowest BCUT2D eigenvalue weighted by Gasteiger charge is -2.34. The van der Waals surface area contributed by atoms with Crippen LogP contribution in [-0.2, 0) is 14.8 Å². The van der Waals surface area contributed by atoms with Gasteiger partial charge in [0.25, 0.3) is 0 Å². The molecule has 3 rings (SSSR count). The van der Waals surface area contributed by atoms with E-state index in [1.807, 2.05) is 18.2 Å². The van der Waals surface area contributed by atoms with Crippen LogP contribution in [0.2, 0.25) is 0 Å². The summed E-state index contributed by atoms with van der Waals surface area (Å²) in [5.41, 5.74) is 0. The van der Waals surface area contributed by atoms with Crippen molar-refractivity contribution in [1.82, 2.24) is 14.6 Å². The molecule has 3 heterocycles. The zero-order valence-electron chi connectivity index (χ0n) is 15.5. The Morgan fingerprint density at radius 3 is 2.68 bits per heavy atom. The average Bonchev–Trinajstić information content (AvgIpc) is 3.24. The van der Waals surface area contributed by atoms with E-state index in [9.17, 15) is 13.2 Å². The van der Waals surface area contributed by atoms with E-state index in [0.29, 0.717) is 44.9 Å². The quantitative estimate of drug-likeness (QED) is 0.527. The van der Waals surface area contributed by atoms with Crippen molar-refractivity contribution in [3.63, 3.8) is 0 Å². The standard InChI is InChI=1S/C19H24N4O4S/c24-19(8-7-17-5-3-15-27-17)21-10-4-16-28(25,26)23-13-11-22(12-14-23)18-6-1-2-9-20-18/h1-3,5-9,15H,4,10-14,16H2,(H,21,24)/b8-7+. The maximum atomic E-state index is 12.5. The van der Waals surface area contributed by atoms with E-state index < -0.39 is 10.0 Å². The first-order valence-corrected chi connectivity index (χ1v) is 10.8. The number of rotatable bonds is 8. The van der Waals surface area contributed by atoms with E-state index in [1.165, 1.54) is 16.6 Å². The summed E-state index contributed by atoms with van der Waals surface area (Å²) in [4.78, 5) is 18.1. The number of nitrogens with zero attached hydrogens (tertiary/aromatic N) is 3. The zero-order valence-corrected chi connectivity index (χ0v) is 16.3. The molecule has 150 valence electrons. The minimum Gasteiger partial charge on any atom is -0.465 e. The number of furan rings is 1. The number of sulfonamides is 1. The zero-order chi connectivity index (χ0) is 19.8. The molecule has 28 heavy (non-hydrogen) atoms. The Morgan fingerprint density at radius 2 is 2.00 bits per heavy atom. The van der Waals surface area contributed by atoms with Crippen LogP contribution in [0, 0.1) is 0 Å². The Bertz CT molecular complexity index is 874. The van der Waals surface area contributed by atoms with Gasteiger partial charge in [-0.2, -0.15) is 4.31 Å². The molecule has 0 radical (unpaired) electrons. The monoisotopic (exact) mass is 404 g/mol. The lowest BCUT2D eigenvalue weighted by molar-refractivity contribution is -0.116. The molecule has 9 heteroatoms. The van der Waals surface area contributed by atoms with Gasteiger partial charge in [0.15, 0.2) is 0 Å². The van der Waals surface area contributed by atoms with Crippen LogP contribution >= 0.6 is 0 Å². The SMILES string of the molecule is O=C(/C=C/c1ccco1)NCCCS(=O)(=O)N1CCN(c2ccccn2)CC1. The van der Waals surface area contributed by atoms with Crippen molar-refractivity contribution in [2.75, 3.05) is 43.4 Å². The van der Waals surface area contributed by atoms with Gasteiger partial charge in [-0.25, -0.2) is 13.4 Å². The molecule has 0 aromatic carbocycles. The highest BCUT2D eigenvalue weighted by Crippen LogP contribution is 2.15. The number of carbonyl (C=O) groups is 1. The van der Waals surface area contributed by atoms with E-state index >= 15 is 0 Å². The molecule has 0 saturated carbocycles. The van der Waals surface area contributed by atoms with E-state index in [4.69, 9.17) is 4.42 Å². The van der Waals surface area contributed by atoms with Gasteiger partial charge in [-0.05, 0) is 36.8 Å². The Hall–Kier alpha value is -2.65. The first-order chi connectivity index (χ1) is 13.5. The van der Waals surface area contributed by atoms with Gasteiger partial charge in [0.1, 0.15) is 11.6 Å². The average molecular weight is 404 g/mol. The number of hydrogen-bond acceptors (Lipinski definition) is 6.